The number of para-hydroxylation sites is 1. The Hall–Kier alpha value is -3.85. The second-order valence-corrected chi connectivity index (χ2v) is 7.82. The highest BCUT2D eigenvalue weighted by atomic mass is 32.2. The summed E-state index contributed by atoms with van der Waals surface area (Å²) in [5, 5.41) is 11.8. The van der Waals surface area contributed by atoms with Crippen molar-refractivity contribution in [2.75, 3.05) is 18.2 Å². The second-order valence-electron chi connectivity index (χ2n) is 6.88. The van der Waals surface area contributed by atoms with E-state index in [-0.39, 0.29) is 24.1 Å². The van der Waals surface area contributed by atoms with Crippen molar-refractivity contribution >= 4 is 23.4 Å². The van der Waals surface area contributed by atoms with Crippen LogP contribution in [0.4, 0.5) is 10.1 Å². The zero-order chi connectivity index (χ0) is 23.0. The number of hydrogen-bond donors (Lipinski definition) is 1. The molecule has 168 valence electrons. The number of nitrogens with one attached hydrogen (secondary N) is 1. The van der Waals surface area contributed by atoms with Crippen molar-refractivity contribution in [1.82, 2.24) is 14.8 Å². The van der Waals surface area contributed by atoms with Crippen LogP contribution < -0.4 is 14.8 Å². The van der Waals surface area contributed by atoms with Gasteiger partial charge < -0.3 is 14.8 Å². The number of hydrogen-bond acceptors (Lipinski definition) is 6. The molecule has 1 amide bonds. The molecule has 4 aromatic rings. The molecule has 0 bridgehead atoms. The minimum Gasteiger partial charge on any atom is -0.497 e. The summed E-state index contributed by atoms with van der Waals surface area (Å²) in [5.74, 6) is 1.53. The molecule has 9 heteroatoms. The maximum absolute atomic E-state index is 13.1. The lowest BCUT2D eigenvalue weighted by atomic mass is 10.3. The summed E-state index contributed by atoms with van der Waals surface area (Å²) in [4.78, 5) is 12.4. The molecule has 0 saturated heterocycles. The fraction of sp³-hybridized carbons (Fsp3) is 0.125. The third kappa shape index (κ3) is 5.89. The predicted octanol–water partition coefficient (Wildman–Crippen LogP) is 4.72. The molecule has 0 aliphatic carbocycles. The summed E-state index contributed by atoms with van der Waals surface area (Å²) in [6.07, 6.45) is 0. The number of benzene rings is 3. The molecule has 0 radical (unpaired) electrons. The van der Waals surface area contributed by atoms with Gasteiger partial charge >= 0.3 is 0 Å². The van der Waals surface area contributed by atoms with Crippen LogP contribution in [-0.4, -0.2) is 33.5 Å². The molecule has 1 N–H and O–H groups in total. The van der Waals surface area contributed by atoms with Gasteiger partial charge in [0.1, 0.15) is 23.9 Å². The van der Waals surface area contributed by atoms with Crippen molar-refractivity contribution in [3.8, 4) is 17.2 Å². The Morgan fingerprint density at radius 2 is 1.70 bits per heavy atom. The van der Waals surface area contributed by atoms with E-state index in [4.69, 9.17) is 9.47 Å². The van der Waals surface area contributed by atoms with Gasteiger partial charge in [-0.25, -0.2) is 4.39 Å². The Labute approximate surface area is 194 Å². The number of nitrogens with zero attached hydrogens (tertiary/aromatic N) is 3. The molecule has 0 spiro atoms. The summed E-state index contributed by atoms with van der Waals surface area (Å²) < 4.78 is 26.0. The fourth-order valence-electron chi connectivity index (χ4n) is 3.00. The van der Waals surface area contributed by atoms with E-state index in [2.05, 4.69) is 15.5 Å². The van der Waals surface area contributed by atoms with Crippen molar-refractivity contribution in [2.45, 2.75) is 11.8 Å². The van der Waals surface area contributed by atoms with Crippen molar-refractivity contribution in [3.05, 3.63) is 90.5 Å². The maximum Gasteiger partial charge on any atom is 0.234 e. The molecule has 0 aliphatic rings. The van der Waals surface area contributed by atoms with Gasteiger partial charge in [-0.3, -0.25) is 9.36 Å². The molecule has 1 heterocycles. The normalized spacial score (nSPS) is 10.6. The molecule has 0 fully saturated rings. The lowest BCUT2D eigenvalue weighted by molar-refractivity contribution is -0.113. The van der Waals surface area contributed by atoms with E-state index < -0.39 is 0 Å². The van der Waals surface area contributed by atoms with E-state index >= 15 is 0 Å². The summed E-state index contributed by atoms with van der Waals surface area (Å²) in [5.41, 5.74) is 1.34. The van der Waals surface area contributed by atoms with Crippen molar-refractivity contribution in [2.24, 2.45) is 0 Å². The number of methoxy groups -OCH3 is 1. The predicted molar refractivity (Wildman–Crippen MR) is 124 cm³/mol. The Balaban J connectivity index is 1.51. The van der Waals surface area contributed by atoms with Gasteiger partial charge in [-0.1, -0.05) is 30.0 Å². The highest BCUT2D eigenvalue weighted by Gasteiger charge is 2.17. The van der Waals surface area contributed by atoms with Crippen molar-refractivity contribution < 1.29 is 18.7 Å². The number of rotatable bonds is 9. The van der Waals surface area contributed by atoms with Gasteiger partial charge in [0.15, 0.2) is 11.0 Å². The number of amides is 1. The number of halogens is 1. The molecule has 0 aliphatic heterocycles. The summed E-state index contributed by atoms with van der Waals surface area (Å²) in [6, 6.07) is 22.5. The molecule has 7 nitrogen and oxygen atoms in total. The molecule has 33 heavy (non-hydrogen) atoms. The van der Waals surface area contributed by atoms with Gasteiger partial charge in [0, 0.05) is 11.4 Å². The van der Waals surface area contributed by atoms with Gasteiger partial charge in [0.05, 0.1) is 12.9 Å². The summed E-state index contributed by atoms with van der Waals surface area (Å²) in [6.45, 7) is 0.200. The molecule has 1 aromatic heterocycles. The van der Waals surface area contributed by atoms with Crippen LogP contribution in [0.1, 0.15) is 5.82 Å². The number of carbonyl (C=O) groups is 1. The largest absolute Gasteiger partial charge is 0.497 e. The number of aromatic nitrogens is 3. The molecular weight excluding hydrogens is 443 g/mol. The molecule has 0 unspecified atom stereocenters. The first-order chi connectivity index (χ1) is 16.1. The van der Waals surface area contributed by atoms with Gasteiger partial charge in [-0.2, -0.15) is 0 Å². The first-order valence-electron chi connectivity index (χ1n) is 10.1. The maximum atomic E-state index is 13.1. The van der Waals surface area contributed by atoms with Crippen LogP contribution in [0.25, 0.3) is 5.69 Å². The SMILES string of the molecule is COc1ccc(-n2c(COc3ccccc3)nnc2SCC(=O)Nc2ccc(F)cc2)cc1. The van der Waals surface area contributed by atoms with Crippen LogP contribution in [0.3, 0.4) is 0 Å². The Morgan fingerprint density at radius 3 is 2.39 bits per heavy atom. The highest BCUT2D eigenvalue weighted by Crippen LogP contribution is 2.25. The second kappa shape index (κ2) is 10.6. The first kappa shape index (κ1) is 22.3. The summed E-state index contributed by atoms with van der Waals surface area (Å²) >= 11 is 1.24. The zero-order valence-corrected chi connectivity index (χ0v) is 18.6. The van der Waals surface area contributed by atoms with Gasteiger partial charge in [0.25, 0.3) is 0 Å². The number of thioether (sulfide) groups is 1. The molecule has 0 atom stereocenters. The van der Waals surface area contributed by atoms with E-state index in [0.29, 0.717) is 16.7 Å². The number of ether oxygens (including phenoxy) is 2. The molecular formula is C24H21FN4O3S. The molecule has 4 rings (SSSR count). The van der Waals surface area contributed by atoms with Crippen LogP contribution in [0.2, 0.25) is 0 Å². The van der Waals surface area contributed by atoms with Gasteiger partial charge in [-0.05, 0) is 60.7 Å². The lowest BCUT2D eigenvalue weighted by Crippen LogP contribution is -2.14. The summed E-state index contributed by atoms with van der Waals surface area (Å²) in [7, 11) is 1.61. The monoisotopic (exact) mass is 464 g/mol. The van der Waals surface area contributed by atoms with Gasteiger partial charge in [-0.15, -0.1) is 10.2 Å². The third-order valence-corrected chi connectivity index (χ3v) is 5.53. The van der Waals surface area contributed by atoms with Crippen molar-refractivity contribution in [3.63, 3.8) is 0 Å². The van der Waals surface area contributed by atoms with Crippen molar-refractivity contribution in [1.29, 1.82) is 0 Å². The Kier molecular flexibility index (Phi) is 7.21. The Morgan fingerprint density at radius 1 is 0.970 bits per heavy atom. The standard InChI is InChI=1S/C24H21FN4O3S/c1-31-20-13-11-19(12-14-20)29-22(15-32-21-5-3-2-4-6-21)27-28-24(29)33-16-23(30)26-18-9-7-17(25)8-10-18/h2-14H,15-16H2,1H3,(H,26,30). The average Bonchev–Trinajstić information content (AvgIpc) is 3.26. The quantitative estimate of drug-likeness (QED) is 0.361. The van der Waals surface area contributed by atoms with Gasteiger partial charge in [0.2, 0.25) is 5.91 Å². The third-order valence-electron chi connectivity index (χ3n) is 4.60. The Bertz CT molecular complexity index is 1200. The molecule has 0 saturated carbocycles. The number of carbonyl (C=O) groups excluding carboxylic acids is 1. The number of anilines is 1. The minimum absolute atomic E-state index is 0.102. The van der Waals surface area contributed by atoms with Crippen LogP contribution in [-0.2, 0) is 11.4 Å². The topological polar surface area (TPSA) is 78.3 Å². The minimum atomic E-state index is -0.361. The van der Waals surface area contributed by atoms with Crippen LogP contribution in [0.5, 0.6) is 11.5 Å². The van der Waals surface area contributed by atoms with Crippen LogP contribution in [0, 0.1) is 5.82 Å². The van der Waals surface area contributed by atoms with E-state index in [1.54, 1.807) is 7.11 Å². The van der Waals surface area contributed by atoms with Crippen LogP contribution in [0.15, 0.2) is 84.0 Å². The van der Waals surface area contributed by atoms with E-state index in [9.17, 15) is 9.18 Å². The first-order valence-corrected chi connectivity index (χ1v) is 11.1. The van der Waals surface area contributed by atoms with E-state index in [1.165, 1.54) is 36.0 Å². The molecule has 3 aromatic carbocycles. The lowest BCUT2D eigenvalue weighted by Gasteiger charge is -2.12. The zero-order valence-electron chi connectivity index (χ0n) is 17.8. The van der Waals surface area contributed by atoms with E-state index in [0.717, 1.165) is 17.2 Å². The van der Waals surface area contributed by atoms with Crippen LogP contribution >= 0.6 is 11.8 Å². The smallest absolute Gasteiger partial charge is 0.234 e. The fourth-order valence-corrected chi connectivity index (χ4v) is 3.77. The van der Waals surface area contributed by atoms with E-state index in [1.807, 2.05) is 59.2 Å². The average molecular weight is 465 g/mol. The highest BCUT2D eigenvalue weighted by molar-refractivity contribution is 7.99.